The number of aliphatic hydroxyl groups is 1. The van der Waals surface area contributed by atoms with Crippen LogP contribution >= 0.6 is 11.8 Å². The van der Waals surface area contributed by atoms with Crippen molar-refractivity contribution in [1.29, 1.82) is 0 Å². The Bertz CT molecular complexity index is 713. The van der Waals surface area contributed by atoms with Gasteiger partial charge in [-0.3, -0.25) is 0 Å². The van der Waals surface area contributed by atoms with E-state index in [9.17, 15) is 5.11 Å². The summed E-state index contributed by atoms with van der Waals surface area (Å²) in [4.78, 5) is 0. The molecule has 6 heteroatoms. The van der Waals surface area contributed by atoms with Gasteiger partial charge >= 0.3 is 0 Å². The van der Waals surface area contributed by atoms with Crippen LogP contribution in [0.2, 0.25) is 0 Å². The second kappa shape index (κ2) is 8.73. The maximum Gasteiger partial charge on any atom is 0.184 e. The fraction of sp³-hybridized carbons (Fsp3) is 0.429. The molecule has 2 aromatic carbocycles. The molecule has 2 fully saturated rings. The summed E-state index contributed by atoms with van der Waals surface area (Å²) in [7, 11) is 0. The highest BCUT2D eigenvalue weighted by molar-refractivity contribution is 7.99. The number of hydrogen-bond donors (Lipinski definition) is 1. The number of fused-ring (bicyclic) bond motifs is 1. The minimum Gasteiger partial charge on any atom is -0.369 e. The largest absolute Gasteiger partial charge is 0.369 e. The Morgan fingerprint density at radius 3 is 2.44 bits per heavy atom. The molecule has 144 valence electrons. The van der Waals surface area contributed by atoms with E-state index in [2.05, 4.69) is 0 Å². The predicted octanol–water partition coefficient (Wildman–Crippen LogP) is 3.13. The summed E-state index contributed by atoms with van der Waals surface area (Å²) in [6, 6.07) is 19.9. The van der Waals surface area contributed by atoms with Crippen molar-refractivity contribution < 1.29 is 24.1 Å². The molecule has 2 heterocycles. The van der Waals surface area contributed by atoms with E-state index in [1.54, 1.807) is 0 Å². The van der Waals surface area contributed by atoms with E-state index in [-0.39, 0.29) is 23.6 Å². The zero-order valence-electron chi connectivity index (χ0n) is 15.1. The quantitative estimate of drug-likeness (QED) is 0.849. The van der Waals surface area contributed by atoms with Crippen LogP contribution in [0.15, 0.2) is 60.7 Å². The lowest BCUT2D eigenvalue weighted by Gasteiger charge is -2.47. The Balaban J connectivity index is 1.53. The fourth-order valence-corrected chi connectivity index (χ4v) is 4.35. The second-order valence-corrected chi connectivity index (χ2v) is 7.72. The topological polar surface area (TPSA) is 57.2 Å². The third-order valence-corrected chi connectivity index (χ3v) is 5.98. The van der Waals surface area contributed by atoms with Crippen molar-refractivity contribution >= 4 is 11.8 Å². The Morgan fingerprint density at radius 1 is 1.04 bits per heavy atom. The average molecular weight is 388 g/mol. The van der Waals surface area contributed by atoms with E-state index in [0.29, 0.717) is 13.2 Å². The summed E-state index contributed by atoms with van der Waals surface area (Å²) in [5.74, 6) is 0. The summed E-state index contributed by atoms with van der Waals surface area (Å²) in [6.45, 7) is 0.812. The first-order valence-corrected chi connectivity index (χ1v) is 10.4. The SMILES string of the molecule is CS[C@@H]1C(O)O[C@@H]2COC(c3ccccc3)O[C@H]2[C@@H]1OCc1ccccc1. The van der Waals surface area contributed by atoms with Crippen molar-refractivity contribution in [3.63, 3.8) is 0 Å². The highest BCUT2D eigenvalue weighted by Gasteiger charge is 2.50. The second-order valence-electron chi connectivity index (χ2n) is 6.70. The Labute approximate surface area is 163 Å². The molecule has 0 saturated carbocycles. The van der Waals surface area contributed by atoms with Crippen molar-refractivity contribution in [3.05, 3.63) is 71.8 Å². The van der Waals surface area contributed by atoms with Gasteiger partial charge in [-0.25, -0.2) is 0 Å². The van der Waals surface area contributed by atoms with Crippen molar-refractivity contribution in [1.82, 2.24) is 0 Å². The number of aliphatic hydroxyl groups excluding tert-OH is 1. The van der Waals surface area contributed by atoms with Gasteiger partial charge in [-0.1, -0.05) is 60.7 Å². The zero-order valence-corrected chi connectivity index (χ0v) is 16.0. The number of hydrogen-bond acceptors (Lipinski definition) is 6. The molecule has 27 heavy (non-hydrogen) atoms. The Morgan fingerprint density at radius 2 is 1.74 bits per heavy atom. The van der Waals surface area contributed by atoms with E-state index in [1.807, 2.05) is 66.9 Å². The molecule has 0 aromatic heterocycles. The molecule has 2 unspecified atom stereocenters. The standard InChI is InChI=1S/C21H24O5S/c1-27-19-18(23-12-14-8-4-2-5-9-14)17-16(25-20(19)22)13-24-21(26-17)15-10-6-3-7-11-15/h2-11,16-22H,12-13H2,1H3/t16-,17-,18+,19+,20?,21?/m1/s1. The van der Waals surface area contributed by atoms with Gasteiger partial charge in [0.1, 0.15) is 18.3 Å². The maximum atomic E-state index is 10.4. The minimum absolute atomic E-state index is 0.232. The summed E-state index contributed by atoms with van der Waals surface area (Å²) in [5, 5.41) is 10.2. The highest BCUT2D eigenvalue weighted by Crippen LogP contribution is 2.38. The van der Waals surface area contributed by atoms with Crippen LogP contribution in [-0.2, 0) is 25.6 Å². The normalized spacial score (nSPS) is 33.4. The first-order chi connectivity index (χ1) is 13.3. The van der Waals surface area contributed by atoms with Gasteiger partial charge in [0.25, 0.3) is 0 Å². The monoisotopic (exact) mass is 388 g/mol. The first-order valence-electron chi connectivity index (χ1n) is 9.10. The molecule has 0 spiro atoms. The number of rotatable bonds is 5. The third-order valence-electron chi connectivity index (χ3n) is 4.93. The van der Waals surface area contributed by atoms with Crippen LogP contribution in [0, 0.1) is 0 Å². The first kappa shape index (κ1) is 18.9. The van der Waals surface area contributed by atoms with Crippen LogP contribution in [-0.4, -0.2) is 47.8 Å². The van der Waals surface area contributed by atoms with Crippen LogP contribution < -0.4 is 0 Å². The molecule has 2 aliphatic rings. The fourth-order valence-electron chi connectivity index (χ4n) is 3.55. The molecular weight excluding hydrogens is 364 g/mol. The third kappa shape index (κ3) is 4.21. The Hall–Kier alpha value is -1.41. The van der Waals surface area contributed by atoms with Gasteiger partial charge in [0, 0.05) is 5.56 Å². The summed E-state index contributed by atoms with van der Waals surface area (Å²) >= 11 is 1.53. The average Bonchev–Trinajstić information content (AvgIpc) is 2.73. The summed E-state index contributed by atoms with van der Waals surface area (Å²) < 4.78 is 24.1. The van der Waals surface area contributed by atoms with Gasteiger partial charge in [-0.2, -0.15) is 11.8 Å². The van der Waals surface area contributed by atoms with Gasteiger partial charge < -0.3 is 24.1 Å². The molecule has 0 bridgehead atoms. The predicted molar refractivity (Wildman–Crippen MR) is 103 cm³/mol. The molecule has 2 aromatic rings. The molecule has 0 radical (unpaired) electrons. The van der Waals surface area contributed by atoms with Crippen molar-refractivity contribution in [2.75, 3.05) is 12.9 Å². The molecule has 5 nitrogen and oxygen atoms in total. The minimum atomic E-state index is -0.914. The number of benzene rings is 2. The summed E-state index contributed by atoms with van der Waals surface area (Å²) in [5.41, 5.74) is 2.05. The van der Waals surface area contributed by atoms with Crippen molar-refractivity contribution in [3.8, 4) is 0 Å². The zero-order chi connectivity index (χ0) is 18.6. The van der Waals surface area contributed by atoms with Gasteiger partial charge in [-0.05, 0) is 11.8 Å². The molecule has 1 N–H and O–H groups in total. The lowest BCUT2D eigenvalue weighted by molar-refractivity contribution is -0.334. The van der Waals surface area contributed by atoms with Crippen LogP contribution in [0.3, 0.4) is 0 Å². The van der Waals surface area contributed by atoms with Gasteiger partial charge in [0.15, 0.2) is 12.6 Å². The molecular formula is C21H24O5S. The van der Waals surface area contributed by atoms with Crippen LogP contribution in [0.1, 0.15) is 17.4 Å². The van der Waals surface area contributed by atoms with Gasteiger partial charge in [0.2, 0.25) is 0 Å². The molecule has 4 rings (SSSR count). The van der Waals surface area contributed by atoms with Crippen molar-refractivity contribution in [2.24, 2.45) is 0 Å². The van der Waals surface area contributed by atoms with Gasteiger partial charge in [-0.15, -0.1) is 0 Å². The van der Waals surface area contributed by atoms with Crippen molar-refractivity contribution in [2.45, 2.75) is 42.7 Å². The lowest BCUT2D eigenvalue weighted by atomic mass is 9.99. The van der Waals surface area contributed by atoms with E-state index in [4.69, 9.17) is 18.9 Å². The van der Waals surface area contributed by atoms with E-state index >= 15 is 0 Å². The lowest BCUT2D eigenvalue weighted by Crippen LogP contribution is -2.61. The summed E-state index contributed by atoms with van der Waals surface area (Å²) in [6.07, 6.45) is -0.398. The molecule has 6 atom stereocenters. The number of thioether (sulfide) groups is 1. The molecule has 2 saturated heterocycles. The number of ether oxygens (including phenoxy) is 4. The van der Waals surface area contributed by atoms with Crippen LogP contribution in [0.4, 0.5) is 0 Å². The molecule has 0 amide bonds. The Kier molecular flexibility index (Phi) is 6.12. The van der Waals surface area contributed by atoms with E-state index in [1.165, 1.54) is 11.8 Å². The maximum absolute atomic E-state index is 10.4. The smallest absolute Gasteiger partial charge is 0.184 e. The highest BCUT2D eigenvalue weighted by atomic mass is 32.2. The van der Waals surface area contributed by atoms with Gasteiger partial charge in [0.05, 0.1) is 18.5 Å². The molecule has 0 aliphatic carbocycles. The van der Waals surface area contributed by atoms with E-state index < -0.39 is 12.6 Å². The van der Waals surface area contributed by atoms with Crippen LogP contribution in [0.5, 0.6) is 0 Å². The molecule has 2 aliphatic heterocycles. The van der Waals surface area contributed by atoms with Crippen LogP contribution in [0.25, 0.3) is 0 Å². The van der Waals surface area contributed by atoms with E-state index in [0.717, 1.165) is 11.1 Å².